The summed E-state index contributed by atoms with van der Waals surface area (Å²) in [6, 6.07) is -0.958. The molecule has 1 heterocycles. The van der Waals surface area contributed by atoms with Gasteiger partial charge in [-0.3, -0.25) is 14.9 Å². The minimum atomic E-state index is -0.740. The van der Waals surface area contributed by atoms with Crippen LogP contribution in [0.15, 0.2) is 0 Å². The molecule has 146 valence electrons. The van der Waals surface area contributed by atoms with E-state index >= 15 is 0 Å². The summed E-state index contributed by atoms with van der Waals surface area (Å²) in [6.07, 6.45) is 2.28. The van der Waals surface area contributed by atoms with Crippen LogP contribution in [0.25, 0.3) is 0 Å². The van der Waals surface area contributed by atoms with Crippen LogP contribution in [-0.4, -0.2) is 65.0 Å². The number of rotatable bonds is 5. The maximum Gasteiger partial charge on any atom is 0.410 e. The summed E-state index contributed by atoms with van der Waals surface area (Å²) in [4.78, 5) is 26.6. The average Bonchev–Trinajstić information content (AvgIpc) is 2.77. The normalized spacial score (nSPS) is 19.9. The van der Waals surface area contributed by atoms with E-state index in [2.05, 4.69) is 5.32 Å². The van der Waals surface area contributed by atoms with E-state index in [9.17, 15) is 14.8 Å². The van der Waals surface area contributed by atoms with E-state index in [4.69, 9.17) is 4.74 Å². The molecule has 2 atom stereocenters. The molecule has 2 N–H and O–H groups in total. The SMILES string of the molecule is CC(C)CC(C(=O)N(O)C1CCCNCC1)N(C)C(=O)OC(C)(C)C. The van der Waals surface area contributed by atoms with Gasteiger partial charge in [-0.15, -0.1) is 0 Å². The monoisotopic (exact) mass is 357 g/mol. The first-order valence-electron chi connectivity index (χ1n) is 9.21. The third-order valence-corrected chi connectivity index (χ3v) is 4.25. The van der Waals surface area contributed by atoms with Crippen molar-refractivity contribution in [3.8, 4) is 0 Å². The fourth-order valence-electron chi connectivity index (χ4n) is 2.91. The summed E-state index contributed by atoms with van der Waals surface area (Å²) < 4.78 is 5.38. The Labute approximate surface area is 151 Å². The highest BCUT2D eigenvalue weighted by molar-refractivity contribution is 5.85. The number of carbonyl (C=O) groups is 2. The van der Waals surface area contributed by atoms with Crippen molar-refractivity contribution in [2.45, 2.75) is 78.0 Å². The zero-order valence-electron chi connectivity index (χ0n) is 16.5. The number of carbonyl (C=O) groups excluding carboxylic acids is 2. The molecule has 0 radical (unpaired) electrons. The number of hydroxylamine groups is 2. The van der Waals surface area contributed by atoms with E-state index in [0.29, 0.717) is 12.8 Å². The number of hydrogen-bond donors (Lipinski definition) is 2. The number of likely N-dealkylation sites (N-methyl/N-ethyl adjacent to an activating group) is 1. The molecular formula is C18H35N3O4. The standard InChI is InChI=1S/C18H35N3O4/c1-13(2)12-15(20(6)17(23)25-18(3,4)5)16(22)21(24)14-8-7-10-19-11-9-14/h13-15,19,24H,7-12H2,1-6H3. The van der Waals surface area contributed by atoms with Crippen molar-refractivity contribution in [1.82, 2.24) is 15.3 Å². The van der Waals surface area contributed by atoms with Crippen molar-refractivity contribution >= 4 is 12.0 Å². The lowest BCUT2D eigenvalue weighted by Gasteiger charge is -2.34. The Morgan fingerprint density at radius 2 is 1.88 bits per heavy atom. The lowest BCUT2D eigenvalue weighted by atomic mass is 10.0. The molecule has 0 saturated carbocycles. The molecule has 0 aromatic rings. The van der Waals surface area contributed by atoms with E-state index in [1.165, 1.54) is 4.90 Å². The molecule has 7 nitrogen and oxygen atoms in total. The van der Waals surface area contributed by atoms with Crippen molar-refractivity contribution in [3.05, 3.63) is 0 Å². The highest BCUT2D eigenvalue weighted by atomic mass is 16.6. The van der Waals surface area contributed by atoms with Crippen LogP contribution in [0.1, 0.15) is 60.3 Å². The number of amides is 2. The zero-order chi connectivity index (χ0) is 19.2. The molecule has 0 aromatic heterocycles. The third-order valence-electron chi connectivity index (χ3n) is 4.25. The van der Waals surface area contributed by atoms with Gasteiger partial charge < -0.3 is 10.1 Å². The minimum absolute atomic E-state index is 0.197. The fourth-order valence-corrected chi connectivity index (χ4v) is 2.91. The van der Waals surface area contributed by atoms with Crippen LogP contribution in [-0.2, 0) is 9.53 Å². The van der Waals surface area contributed by atoms with Crippen molar-refractivity contribution < 1.29 is 19.5 Å². The second-order valence-corrected chi connectivity index (χ2v) is 8.25. The van der Waals surface area contributed by atoms with Gasteiger partial charge in [-0.25, -0.2) is 9.86 Å². The predicted octanol–water partition coefficient (Wildman–Crippen LogP) is 2.63. The van der Waals surface area contributed by atoms with Crippen molar-refractivity contribution in [1.29, 1.82) is 0 Å². The quantitative estimate of drug-likeness (QED) is 0.584. The van der Waals surface area contributed by atoms with E-state index < -0.39 is 23.6 Å². The van der Waals surface area contributed by atoms with Gasteiger partial charge in [0.05, 0.1) is 6.04 Å². The molecular weight excluding hydrogens is 322 g/mol. The second kappa shape index (κ2) is 9.38. The smallest absolute Gasteiger partial charge is 0.410 e. The first kappa shape index (κ1) is 21.7. The van der Waals surface area contributed by atoms with E-state index in [0.717, 1.165) is 31.0 Å². The van der Waals surface area contributed by atoms with Gasteiger partial charge in [0.15, 0.2) is 0 Å². The molecule has 0 spiro atoms. The maximum atomic E-state index is 12.9. The van der Waals surface area contributed by atoms with Gasteiger partial charge >= 0.3 is 6.09 Å². The number of nitrogens with zero attached hydrogens (tertiary/aromatic N) is 2. The first-order valence-corrected chi connectivity index (χ1v) is 9.21. The molecule has 7 heteroatoms. The Balaban J connectivity index is 2.88. The molecule has 1 aliphatic heterocycles. The zero-order valence-corrected chi connectivity index (χ0v) is 16.5. The summed E-state index contributed by atoms with van der Waals surface area (Å²) >= 11 is 0. The number of nitrogens with one attached hydrogen (secondary N) is 1. The molecule has 0 bridgehead atoms. The van der Waals surface area contributed by atoms with Crippen molar-refractivity contribution in [2.75, 3.05) is 20.1 Å². The van der Waals surface area contributed by atoms with Gasteiger partial charge in [-0.05, 0) is 65.5 Å². The highest BCUT2D eigenvalue weighted by Gasteiger charge is 2.35. The molecule has 2 amide bonds. The summed E-state index contributed by atoms with van der Waals surface area (Å²) in [5, 5.41) is 14.6. The molecule has 1 aliphatic rings. The van der Waals surface area contributed by atoms with Gasteiger partial charge in [-0.1, -0.05) is 13.8 Å². The minimum Gasteiger partial charge on any atom is -0.444 e. The predicted molar refractivity (Wildman–Crippen MR) is 96.4 cm³/mol. The highest BCUT2D eigenvalue weighted by Crippen LogP contribution is 2.20. The van der Waals surface area contributed by atoms with Crippen molar-refractivity contribution in [2.24, 2.45) is 5.92 Å². The number of hydrogen-bond acceptors (Lipinski definition) is 5. The largest absolute Gasteiger partial charge is 0.444 e. The summed E-state index contributed by atoms with van der Waals surface area (Å²) in [5.74, 6) is -0.239. The third kappa shape index (κ3) is 7.20. The van der Waals surface area contributed by atoms with Crippen molar-refractivity contribution in [3.63, 3.8) is 0 Å². The van der Waals surface area contributed by atoms with E-state index in [-0.39, 0.29) is 12.0 Å². The summed E-state index contributed by atoms with van der Waals surface area (Å²) in [6.45, 7) is 11.0. The number of ether oxygens (including phenoxy) is 1. The van der Waals surface area contributed by atoms with Gasteiger partial charge in [0.25, 0.3) is 5.91 Å². The van der Waals surface area contributed by atoms with Crippen LogP contribution in [0, 0.1) is 5.92 Å². The summed E-state index contributed by atoms with van der Waals surface area (Å²) in [7, 11) is 1.56. The van der Waals surface area contributed by atoms with Gasteiger partial charge in [0.2, 0.25) is 0 Å². The van der Waals surface area contributed by atoms with Crippen LogP contribution in [0.3, 0.4) is 0 Å². The van der Waals surface area contributed by atoms with E-state index in [1.807, 2.05) is 13.8 Å². The van der Waals surface area contributed by atoms with Crippen LogP contribution in [0.4, 0.5) is 4.79 Å². The lowest BCUT2D eigenvalue weighted by Crippen LogP contribution is -2.52. The van der Waals surface area contributed by atoms with Crippen LogP contribution < -0.4 is 5.32 Å². The Hall–Kier alpha value is -1.34. The van der Waals surface area contributed by atoms with Crippen LogP contribution in [0.5, 0.6) is 0 Å². The molecule has 1 fully saturated rings. The first-order chi connectivity index (χ1) is 11.5. The van der Waals surface area contributed by atoms with Crippen LogP contribution in [0.2, 0.25) is 0 Å². The Kier molecular flexibility index (Phi) is 8.15. The van der Waals surface area contributed by atoms with Gasteiger partial charge in [-0.2, -0.15) is 0 Å². The Morgan fingerprint density at radius 1 is 1.24 bits per heavy atom. The average molecular weight is 357 g/mol. The molecule has 0 aliphatic carbocycles. The molecule has 0 aromatic carbocycles. The molecule has 1 rings (SSSR count). The van der Waals surface area contributed by atoms with Gasteiger partial charge in [0, 0.05) is 7.05 Å². The molecule has 25 heavy (non-hydrogen) atoms. The Morgan fingerprint density at radius 3 is 2.44 bits per heavy atom. The molecule has 2 unspecified atom stereocenters. The lowest BCUT2D eigenvalue weighted by molar-refractivity contribution is -0.182. The fraction of sp³-hybridized carbons (Fsp3) is 0.889. The Bertz CT molecular complexity index is 440. The molecule has 1 saturated heterocycles. The topological polar surface area (TPSA) is 82.1 Å². The van der Waals surface area contributed by atoms with Crippen LogP contribution >= 0.6 is 0 Å². The van der Waals surface area contributed by atoms with Gasteiger partial charge in [0.1, 0.15) is 11.6 Å². The maximum absolute atomic E-state index is 12.9. The van der Waals surface area contributed by atoms with E-state index in [1.54, 1.807) is 27.8 Å². The summed E-state index contributed by atoms with van der Waals surface area (Å²) in [5.41, 5.74) is -0.636. The second-order valence-electron chi connectivity index (χ2n) is 8.25.